The molecule has 1 fully saturated rings. The van der Waals surface area contributed by atoms with Crippen molar-refractivity contribution in [2.45, 2.75) is 25.4 Å². The largest absolute Gasteiger partial charge is 0.507 e. The fourth-order valence-electron chi connectivity index (χ4n) is 2.87. The number of rotatable bonds is 5. The summed E-state index contributed by atoms with van der Waals surface area (Å²) in [4.78, 5) is 22.6. The van der Waals surface area contributed by atoms with E-state index in [1.807, 2.05) is 30.3 Å². The van der Waals surface area contributed by atoms with Gasteiger partial charge in [-0.1, -0.05) is 30.3 Å². The highest BCUT2D eigenvalue weighted by molar-refractivity contribution is 5.88. The summed E-state index contributed by atoms with van der Waals surface area (Å²) in [6.07, 6.45) is 1.73. The van der Waals surface area contributed by atoms with E-state index in [1.54, 1.807) is 6.92 Å². The van der Waals surface area contributed by atoms with Crippen LogP contribution in [-0.2, 0) is 4.79 Å². The predicted molar refractivity (Wildman–Crippen MR) is 99.1 cm³/mol. The Kier molecular flexibility index (Phi) is 5.43. The standard InChI is InChI=1S/C18H19N5O4/c1-11-7-14(23(26)27)8-13(17(11)24)10-19-22-18(25)16-9-15(20-21-16)12-5-3-2-4-6-12/h2-8,10,15-16,20-21,24H,9H2,1H3,(H,22,25)/b19-10+. The molecule has 2 unspecified atom stereocenters. The second-order valence-electron chi connectivity index (χ2n) is 6.23. The van der Waals surface area contributed by atoms with Crippen LogP contribution >= 0.6 is 0 Å². The molecule has 140 valence electrons. The molecule has 1 saturated heterocycles. The fourth-order valence-corrected chi connectivity index (χ4v) is 2.87. The van der Waals surface area contributed by atoms with Gasteiger partial charge in [0.05, 0.1) is 11.1 Å². The van der Waals surface area contributed by atoms with E-state index < -0.39 is 11.0 Å². The van der Waals surface area contributed by atoms with Gasteiger partial charge < -0.3 is 5.11 Å². The molecule has 9 heteroatoms. The minimum absolute atomic E-state index is 0.00870. The number of aryl methyl sites for hydroxylation is 1. The molecular weight excluding hydrogens is 350 g/mol. The molecule has 0 spiro atoms. The molecule has 0 aromatic heterocycles. The molecule has 1 heterocycles. The molecule has 0 radical (unpaired) electrons. The average Bonchev–Trinajstić information content (AvgIpc) is 3.15. The van der Waals surface area contributed by atoms with Crippen LogP contribution in [0, 0.1) is 17.0 Å². The van der Waals surface area contributed by atoms with Crippen molar-refractivity contribution in [2.75, 3.05) is 0 Å². The number of carbonyl (C=O) groups is 1. The number of hydrogen-bond donors (Lipinski definition) is 4. The van der Waals surface area contributed by atoms with Gasteiger partial charge in [0.25, 0.3) is 11.6 Å². The van der Waals surface area contributed by atoms with Crippen LogP contribution in [0.2, 0.25) is 0 Å². The van der Waals surface area contributed by atoms with Gasteiger partial charge >= 0.3 is 0 Å². The van der Waals surface area contributed by atoms with Crippen molar-refractivity contribution >= 4 is 17.8 Å². The van der Waals surface area contributed by atoms with E-state index in [9.17, 15) is 20.0 Å². The number of hydrazine groups is 1. The molecule has 1 aliphatic heterocycles. The molecule has 2 aromatic carbocycles. The minimum atomic E-state index is -0.555. The van der Waals surface area contributed by atoms with Crippen LogP contribution in [0.1, 0.15) is 29.2 Å². The summed E-state index contributed by atoms with van der Waals surface area (Å²) in [6.45, 7) is 1.55. The van der Waals surface area contributed by atoms with Gasteiger partial charge in [0.15, 0.2) is 0 Å². The Morgan fingerprint density at radius 3 is 2.78 bits per heavy atom. The van der Waals surface area contributed by atoms with Crippen molar-refractivity contribution < 1.29 is 14.8 Å². The van der Waals surface area contributed by atoms with E-state index in [4.69, 9.17) is 0 Å². The Morgan fingerprint density at radius 2 is 2.07 bits per heavy atom. The third-order valence-electron chi connectivity index (χ3n) is 4.33. The molecule has 0 aliphatic carbocycles. The number of amides is 1. The lowest BCUT2D eigenvalue weighted by Crippen LogP contribution is -2.41. The summed E-state index contributed by atoms with van der Waals surface area (Å²) in [6, 6.07) is 11.7. The normalized spacial score (nSPS) is 19.3. The highest BCUT2D eigenvalue weighted by Gasteiger charge is 2.29. The van der Waals surface area contributed by atoms with Gasteiger partial charge in [-0.3, -0.25) is 14.9 Å². The van der Waals surface area contributed by atoms with Crippen LogP contribution in [-0.4, -0.2) is 28.2 Å². The van der Waals surface area contributed by atoms with E-state index in [2.05, 4.69) is 21.4 Å². The Hall–Kier alpha value is -3.30. The smallest absolute Gasteiger partial charge is 0.270 e. The predicted octanol–water partition coefficient (Wildman–Crippen LogP) is 1.67. The van der Waals surface area contributed by atoms with Crippen LogP contribution in [0.5, 0.6) is 5.75 Å². The molecule has 0 saturated carbocycles. The summed E-state index contributed by atoms with van der Waals surface area (Å²) in [5, 5.41) is 24.7. The van der Waals surface area contributed by atoms with Crippen molar-refractivity contribution in [2.24, 2.45) is 5.10 Å². The zero-order chi connectivity index (χ0) is 19.4. The van der Waals surface area contributed by atoms with Crippen LogP contribution < -0.4 is 16.3 Å². The summed E-state index contributed by atoms with van der Waals surface area (Å²) in [7, 11) is 0. The molecule has 2 atom stereocenters. The number of phenols is 1. The topological polar surface area (TPSA) is 129 Å². The first kappa shape index (κ1) is 18.5. The lowest BCUT2D eigenvalue weighted by Gasteiger charge is -2.08. The first-order chi connectivity index (χ1) is 13.0. The number of hydrogen-bond acceptors (Lipinski definition) is 7. The highest BCUT2D eigenvalue weighted by Crippen LogP contribution is 2.26. The number of nitrogens with one attached hydrogen (secondary N) is 3. The van der Waals surface area contributed by atoms with Crippen molar-refractivity contribution in [1.29, 1.82) is 0 Å². The molecule has 1 amide bonds. The van der Waals surface area contributed by atoms with Gasteiger partial charge in [0.1, 0.15) is 11.8 Å². The molecule has 1 aliphatic rings. The molecular formula is C18H19N5O4. The van der Waals surface area contributed by atoms with Crippen LogP contribution in [0.4, 0.5) is 5.69 Å². The number of hydrazone groups is 1. The first-order valence-corrected chi connectivity index (χ1v) is 8.32. The Morgan fingerprint density at radius 1 is 1.33 bits per heavy atom. The Labute approximate surface area is 155 Å². The number of benzene rings is 2. The maximum atomic E-state index is 12.2. The number of nitrogens with zero attached hydrogens (tertiary/aromatic N) is 2. The van der Waals surface area contributed by atoms with Gasteiger partial charge in [-0.25, -0.2) is 16.3 Å². The number of aromatic hydroxyl groups is 1. The SMILES string of the molecule is Cc1cc([N+](=O)[O-])cc(/C=N/NC(=O)C2CC(c3ccccc3)NN2)c1O. The van der Waals surface area contributed by atoms with E-state index in [1.165, 1.54) is 18.3 Å². The van der Waals surface area contributed by atoms with Gasteiger partial charge in [-0.15, -0.1) is 0 Å². The third-order valence-corrected chi connectivity index (χ3v) is 4.33. The number of nitro groups is 1. The van der Waals surface area contributed by atoms with E-state index in [0.717, 1.165) is 5.56 Å². The summed E-state index contributed by atoms with van der Waals surface area (Å²) >= 11 is 0. The van der Waals surface area contributed by atoms with Crippen molar-refractivity contribution in [3.8, 4) is 5.75 Å². The minimum Gasteiger partial charge on any atom is -0.507 e. The lowest BCUT2D eigenvalue weighted by molar-refractivity contribution is -0.384. The van der Waals surface area contributed by atoms with Crippen LogP contribution in [0.25, 0.3) is 0 Å². The second-order valence-corrected chi connectivity index (χ2v) is 6.23. The average molecular weight is 369 g/mol. The quantitative estimate of drug-likeness (QED) is 0.360. The van der Waals surface area contributed by atoms with Gasteiger partial charge in [0, 0.05) is 23.7 Å². The fraction of sp³-hybridized carbons (Fsp3) is 0.222. The summed E-state index contributed by atoms with van der Waals surface area (Å²) in [5.74, 6) is -0.470. The molecule has 3 rings (SSSR count). The highest BCUT2D eigenvalue weighted by atomic mass is 16.6. The zero-order valence-corrected chi connectivity index (χ0v) is 14.5. The lowest BCUT2D eigenvalue weighted by atomic mass is 10.0. The summed E-state index contributed by atoms with van der Waals surface area (Å²) < 4.78 is 0. The van der Waals surface area contributed by atoms with Crippen LogP contribution in [0.15, 0.2) is 47.6 Å². The number of carbonyl (C=O) groups excluding carboxylic acids is 1. The molecule has 4 N–H and O–H groups in total. The zero-order valence-electron chi connectivity index (χ0n) is 14.5. The first-order valence-electron chi connectivity index (χ1n) is 8.32. The van der Waals surface area contributed by atoms with Gasteiger partial charge in [-0.2, -0.15) is 5.10 Å². The van der Waals surface area contributed by atoms with E-state index in [-0.39, 0.29) is 28.9 Å². The van der Waals surface area contributed by atoms with Gasteiger partial charge in [-0.05, 0) is 24.5 Å². The third kappa shape index (κ3) is 4.27. The number of non-ortho nitro benzene ring substituents is 1. The molecule has 0 bridgehead atoms. The number of nitro benzene ring substituents is 1. The van der Waals surface area contributed by atoms with E-state index in [0.29, 0.717) is 12.0 Å². The monoisotopic (exact) mass is 369 g/mol. The van der Waals surface area contributed by atoms with Crippen molar-refractivity contribution in [3.05, 3.63) is 69.3 Å². The molecule has 27 heavy (non-hydrogen) atoms. The Bertz CT molecular complexity index is 885. The second kappa shape index (κ2) is 7.94. The van der Waals surface area contributed by atoms with E-state index >= 15 is 0 Å². The van der Waals surface area contributed by atoms with Crippen molar-refractivity contribution in [3.63, 3.8) is 0 Å². The van der Waals surface area contributed by atoms with Crippen LogP contribution in [0.3, 0.4) is 0 Å². The Balaban J connectivity index is 1.62. The van der Waals surface area contributed by atoms with Gasteiger partial charge in [0.2, 0.25) is 0 Å². The molecule has 2 aromatic rings. The maximum absolute atomic E-state index is 12.2. The molecule has 9 nitrogen and oxygen atoms in total. The summed E-state index contributed by atoms with van der Waals surface area (Å²) in [5.41, 5.74) is 9.80. The maximum Gasteiger partial charge on any atom is 0.270 e. The number of phenolic OH excluding ortho intramolecular Hbond substituents is 1. The van der Waals surface area contributed by atoms with Crippen molar-refractivity contribution in [1.82, 2.24) is 16.3 Å².